The standard InChI is InChI=1S/C15H32N2/c1-6-9-16-11-15(4,5)12-17-10-13(2)7-8-14(17)3/h13-14,16H,6-12H2,1-5H3. The van der Waals surface area contributed by atoms with Gasteiger partial charge in [-0.05, 0) is 44.1 Å². The first kappa shape index (κ1) is 15.0. The summed E-state index contributed by atoms with van der Waals surface area (Å²) in [6, 6.07) is 0.775. The highest BCUT2D eigenvalue weighted by Gasteiger charge is 2.28. The Hall–Kier alpha value is -0.0800. The van der Waals surface area contributed by atoms with Gasteiger partial charge in [-0.1, -0.05) is 27.7 Å². The van der Waals surface area contributed by atoms with Crippen molar-refractivity contribution in [2.75, 3.05) is 26.2 Å². The lowest BCUT2D eigenvalue weighted by molar-refractivity contribution is 0.0798. The fourth-order valence-electron chi connectivity index (χ4n) is 2.81. The van der Waals surface area contributed by atoms with Crippen LogP contribution in [-0.4, -0.2) is 37.1 Å². The summed E-state index contributed by atoms with van der Waals surface area (Å²) in [6.45, 7) is 16.6. The van der Waals surface area contributed by atoms with Gasteiger partial charge in [0, 0.05) is 25.7 Å². The zero-order valence-electron chi connectivity index (χ0n) is 12.6. The number of nitrogens with zero attached hydrogens (tertiary/aromatic N) is 1. The molecule has 2 heteroatoms. The summed E-state index contributed by atoms with van der Waals surface area (Å²) in [5.41, 5.74) is 0.389. The summed E-state index contributed by atoms with van der Waals surface area (Å²) in [4.78, 5) is 2.70. The molecule has 0 radical (unpaired) electrons. The third-order valence-electron chi connectivity index (χ3n) is 3.91. The first-order chi connectivity index (χ1) is 7.94. The van der Waals surface area contributed by atoms with Gasteiger partial charge in [0.2, 0.25) is 0 Å². The van der Waals surface area contributed by atoms with E-state index >= 15 is 0 Å². The molecule has 0 aromatic carbocycles. The average molecular weight is 240 g/mol. The Kier molecular flexibility index (Phi) is 5.94. The van der Waals surface area contributed by atoms with E-state index in [1.807, 2.05) is 0 Å². The van der Waals surface area contributed by atoms with Gasteiger partial charge in [-0.2, -0.15) is 0 Å². The third kappa shape index (κ3) is 5.39. The lowest BCUT2D eigenvalue weighted by Crippen LogP contribution is -2.48. The van der Waals surface area contributed by atoms with E-state index in [2.05, 4.69) is 44.8 Å². The summed E-state index contributed by atoms with van der Waals surface area (Å²) < 4.78 is 0. The molecule has 0 amide bonds. The van der Waals surface area contributed by atoms with E-state index in [9.17, 15) is 0 Å². The lowest BCUT2D eigenvalue weighted by atomic mass is 9.88. The topological polar surface area (TPSA) is 15.3 Å². The number of hydrogen-bond donors (Lipinski definition) is 1. The van der Waals surface area contributed by atoms with Crippen LogP contribution in [0, 0.1) is 11.3 Å². The highest BCUT2D eigenvalue weighted by molar-refractivity contribution is 4.83. The molecule has 1 fully saturated rings. The molecular formula is C15H32N2. The minimum absolute atomic E-state index is 0.389. The van der Waals surface area contributed by atoms with Crippen molar-refractivity contribution in [3.63, 3.8) is 0 Å². The summed E-state index contributed by atoms with van der Waals surface area (Å²) in [7, 11) is 0. The Morgan fingerprint density at radius 2 is 1.94 bits per heavy atom. The maximum absolute atomic E-state index is 3.56. The van der Waals surface area contributed by atoms with E-state index in [0.29, 0.717) is 5.41 Å². The molecule has 1 aliphatic heterocycles. The second-order valence-corrected chi connectivity index (χ2v) is 6.80. The van der Waals surface area contributed by atoms with E-state index < -0.39 is 0 Å². The van der Waals surface area contributed by atoms with E-state index in [-0.39, 0.29) is 0 Å². The highest BCUT2D eigenvalue weighted by Crippen LogP contribution is 2.25. The fraction of sp³-hybridized carbons (Fsp3) is 1.00. The lowest BCUT2D eigenvalue weighted by Gasteiger charge is -2.41. The van der Waals surface area contributed by atoms with Crippen molar-refractivity contribution in [2.45, 2.75) is 59.9 Å². The van der Waals surface area contributed by atoms with Crippen LogP contribution in [0.25, 0.3) is 0 Å². The Morgan fingerprint density at radius 1 is 1.24 bits per heavy atom. The second kappa shape index (κ2) is 6.75. The molecule has 0 saturated carbocycles. The molecule has 1 aliphatic rings. The largest absolute Gasteiger partial charge is 0.316 e. The van der Waals surface area contributed by atoms with Crippen molar-refractivity contribution in [1.29, 1.82) is 0 Å². The monoisotopic (exact) mass is 240 g/mol. The van der Waals surface area contributed by atoms with Gasteiger partial charge in [-0.25, -0.2) is 0 Å². The Labute approximate surface area is 108 Å². The van der Waals surface area contributed by atoms with Crippen molar-refractivity contribution < 1.29 is 0 Å². The van der Waals surface area contributed by atoms with Crippen molar-refractivity contribution in [1.82, 2.24) is 10.2 Å². The molecule has 0 aliphatic carbocycles. The van der Waals surface area contributed by atoms with Crippen molar-refractivity contribution in [2.24, 2.45) is 11.3 Å². The maximum Gasteiger partial charge on any atom is 0.00673 e. The first-order valence-corrected chi connectivity index (χ1v) is 7.39. The number of hydrogen-bond acceptors (Lipinski definition) is 2. The van der Waals surface area contributed by atoms with Crippen molar-refractivity contribution in [3.05, 3.63) is 0 Å². The third-order valence-corrected chi connectivity index (χ3v) is 3.91. The Morgan fingerprint density at radius 3 is 2.59 bits per heavy atom. The normalized spacial score (nSPS) is 27.4. The molecule has 102 valence electrons. The summed E-state index contributed by atoms with van der Waals surface area (Å²) in [6.07, 6.45) is 4.01. The number of rotatable bonds is 6. The fourth-order valence-corrected chi connectivity index (χ4v) is 2.81. The summed E-state index contributed by atoms with van der Waals surface area (Å²) in [5, 5.41) is 3.56. The van der Waals surface area contributed by atoms with Crippen molar-refractivity contribution in [3.8, 4) is 0 Å². The van der Waals surface area contributed by atoms with Gasteiger partial charge in [0.25, 0.3) is 0 Å². The Balaban J connectivity index is 2.39. The van der Waals surface area contributed by atoms with Gasteiger partial charge in [0.05, 0.1) is 0 Å². The predicted octanol–water partition coefficient (Wildman–Crippen LogP) is 3.13. The zero-order chi connectivity index (χ0) is 12.9. The number of piperidine rings is 1. The van der Waals surface area contributed by atoms with Crippen LogP contribution in [0.3, 0.4) is 0 Å². The van der Waals surface area contributed by atoms with Gasteiger partial charge in [0.1, 0.15) is 0 Å². The zero-order valence-corrected chi connectivity index (χ0v) is 12.6. The van der Waals surface area contributed by atoms with Crippen LogP contribution >= 0.6 is 0 Å². The molecule has 1 rings (SSSR count). The van der Waals surface area contributed by atoms with Crippen LogP contribution in [0.15, 0.2) is 0 Å². The SMILES string of the molecule is CCCNCC(C)(C)CN1CC(C)CCC1C. The van der Waals surface area contributed by atoms with Gasteiger partial charge < -0.3 is 5.32 Å². The van der Waals surface area contributed by atoms with E-state index in [1.54, 1.807) is 0 Å². The molecule has 1 saturated heterocycles. The van der Waals surface area contributed by atoms with E-state index in [0.717, 1.165) is 25.0 Å². The quantitative estimate of drug-likeness (QED) is 0.718. The molecule has 0 bridgehead atoms. The summed E-state index contributed by atoms with van der Waals surface area (Å²) >= 11 is 0. The van der Waals surface area contributed by atoms with Crippen LogP contribution in [0.2, 0.25) is 0 Å². The Bertz CT molecular complexity index is 213. The number of likely N-dealkylation sites (tertiary alicyclic amines) is 1. The van der Waals surface area contributed by atoms with Crippen LogP contribution in [-0.2, 0) is 0 Å². The molecule has 0 spiro atoms. The molecule has 0 aromatic rings. The maximum atomic E-state index is 3.56. The first-order valence-electron chi connectivity index (χ1n) is 7.39. The van der Waals surface area contributed by atoms with Crippen LogP contribution in [0.1, 0.15) is 53.9 Å². The van der Waals surface area contributed by atoms with Gasteiger partial charge in [-0.15, -0.1) is 0 Å². The molecule has 17 heavy (non-hydrogen) atoms. The molecule has 2 atom stereocenters. The van der Waals surface area contributed by atoms with Crippen LogP contribution in [0.4, 0.5) is 0 Å². The van der Waals surface area contributed by atoms with Gasteiger partial charge in [0.15, 0.2) is 0 Å². The minimum Gasteiger partial charge on any atom is -0.316 e. The second-order valence-electron chi connectivity index (χ2n) is 6.80. The smallest absolute Gasteiger partial charge is 0.00673 e. The minimum atomic E-state index is 0.389. The van der Waals surface area contributed by atoms with Gasteiger partial charge >= 0.3 is 0 Å². The molecule has 1 N–H and O–H groups in total. The summed E-state index contributed by atoms with van der Waals surface area (Å²) in [5.74, 6) is 0.880. The van der Waals surface area contributed by atoms with Crippen LogP contribution in [0.5, 0.6) is 0 Å². The molecule has 2 unspecified atom stereocenters. The van der Waals surface area contributed by atoms with Crippen molar-refractivity contribution >= 4 is 0 Å². The molecule has 2 nitrogen and oxygen atoms in total. The molecule has 1 heterocycles. The van der Waals surface area contributed by atoms with E-state index in [4.69, 9.17) is 0 Å². The molecular weight excluding hydrogens is 208 g/mol. The molecule has 0 aromatic heterocycles. The van der Waals surface area contributed by atoms with Gasteiger partial charge in [-0.3, -0.25) is 4.90 Å². The number of nitrogens with one attached hydrogen (secondary N) is 1. The average Bonchev–Trinajstić information content (AvgIpc) is 2.23. The highest BCUT2D eigenvalue weighted by atomic mass is 15.2. The van der Waals surface area contributed by atoms with Crippen LogP contribution < -0.4 is 5.32 Å². The predicted molar refractivity (Wildman–Crippen MR) is 76.4 cm³/mol. The van der Waals surface area contributed by atoms with E-state index in [1.165, 1.54) is 32.4 Å².